The van der Waals surface area contributed by atoms with Crippen molar-refractivity contribution in [2.24, 2.45) is 10.2 Å². The van der Waals surface area contributed by atoms with Gasteiger partial charge in [-0.25, -0.2) is 13.1 Å². The summed E-state index contributed by atoms with van der Waals surface area (Å²) in [6.07, 6.45) is -0.723. The first kappa shape index (κ1) is 22.2. The Hall–Kier alpha value is -3.46. The maximum atomic E-state index is 12.7. The number of azo groups is 1. The summed E-state index contributed by atoms with van der Waals surface area (Å²) < 4.78 is 35.4. The number of aromatic amines is 1. The van der Waals surface area contributed by atoms with Crippen LogP contribution in [-0.2, 0) is 13.8 Å². The van der Waals surface area contributed by atoms with Gasteiger partial charge in [-0.2, -0.15) is 10.4 Å². The Bertz CT molecular complexity index is 1330. The van der Waals surface area contributed by atoms with Gasteiger partial charge in [-0.15, -0.1) is 5.11 Å². The second-order valence-electron chi connectivity index (χ2n) is 6.11. The molecule has 1 aromatic heterocycles. The molecule has 31 heavy (non-hydrogen) atoms. The van der Waals surface area contributed by atoms with Gasteiger partial charge >= 0.3 is 0 Å². The third-order valence-corrected chi connectivity index (χ3v) is 5.42. The Labute approximate surface area is 181 Å². The summed E-state index contributed by atoms with van der Waals surface area (Å²) in [5.74, 6) is -0.0332. The van der Waals surface area contributed by atoms with Crippen molar-refractivity contribution in [3.05, 3.63) is 64.6 Å². The zero-order valence-corrected chi connectivity index (χ0v) is 17.9. The van der Waals surface area contributed by atoms with E-state index in [2.05, 4.69) is 15.3 Å². The van der Waals surface area contributed by atoms with E-state index in [1.165, 1.54) is 19.2 Å². The summed E-state index contributed by atoms with van der Waals surface area (Å²) in [5, 5.41) is 19.8. The number of nitriles is 1. The van der Waals surface area contributed by atoms with Crippen molar-refractivity contribution >= 4 is 31.1 Å². The molecule has 1 atom stereocenters. The van der Waals surface area contributed by atoms with Crippen molar-refractivity contribution in [3.63, 3.8) is 0 Å². The first-order valence-corrected chi connectivity index (χ1v) is 11.1. The van der Waals surface area contributed by atoms with Gasteiger partial charge in [-0.1, -0.05) is 18.2 Å². The van der Waals surface area contributed by atoms with Gasteiger partial charge in [-0.05, 0) is 37.3 Å². The van der Waals surface area contributed by atoms with Crippen molar-refractivity contribution in [2.75, 3.05) is 7.11 Å². The molecule has 0 spiro atoms. The van der Waals surface area contributed by atoms with E-state index in [4.69, 9.17) is 20.2 Å². The van der Waals surface area contributed by atoms with Crippen LogP contribution in [0.1, 0.15) is 12.6 Å². The van der Waals surface area contributed by atoms with Crippen LogP contribution in [0.2, 0.25) is 0 Å². The van der Waals surface area contributed by atoms with E-state index in [0.717, 1.165) is 10.7 Å². The van der Waals surface area contributed by atoms with Crippen LogP contribution in [0.15, 0.2) is 68.4 Å². The van der Waals surface area contributed by atoms with Gasteiger partial charge in [0.05, 0.1) is 11.4 Å². The molecular weight excluding hydrogens is 446 g/mol. The SMILES string of the molecule is COC(C)Oc1ccc(N=Nc2c(C#N)[nH]n(-c3ccccc3)c2=O)cc1S(=O)(=O)Cl. The molecule has 1 N–H and O–H groups in total. The highest BCUT2D eigenvalue weighted by Gasteiger charge is 2.20. The number of nitrogens with one attached hydrogen (secondary N) is 1. The Kier molecular flexibility index (Phi) is 6.55. The van der Waals surface area contributed by atoms with E-state index >= 15 is 0 Å². The van der Waals surface area contributed by atoms with Crippen LogP contribution in [0.25, 0.3) is 5.69 Å². The molecule has 12 heteroatoms. The van der Waals surface area contributed by atoms with E-state index in [-0.39, 0.29) is 27.7 Å². The second kappa shape index (κ2) is 9.13. The van der Waals surface area contributed by atoms with Gasteiger partial charge in [0.1, 0.15) is 16.7 Å². The second-order valence-corrected chi connectivity index (χ2v) is 8.65. The summed E-state index contributed by atoms with van der Waals surface area (Å²) in [7, 11) is 2.72. The van der Waals surface area contributed by atoms with Crippen LogP contribution in [0.4, 0.5) is 11.4 Å². The molecule has 1 unspecified atom stereocenters. The molecule has 0 fully saturated rings. The molecule has 0 aliphatic carbocycles. The Morgan fingerprint density at radius 3 is 2.52 bits per heavy atom. The van der Waals surface area contributed by atoms with E-state index in [1.807, 2.05) is 6.07 Å². The van der Waals surface area contributed by atoms with Gasteiger partial charge in [0.2, 0.25) is 0 Å². The third-order valence-electron chi connectivity index (χ3n) is 4.07. The number of hydrogen-bond donors (Lipinski definition) is 1. The number of methoxy groups -OCH3 is 1. The summed E-state index contributed by atoms with van der Waals surface area (Å²) in [6, 6.07) is 14.4. The average molecular weight is 462 g/mol. The molecule has 10 nitrogen and oxygen atoms in total. The molecule has 0 saturated heterocycles. The number of H-pyrrole nitrogens is 1. The largest absolute Gasteiger partial charge is 0.464 e. The smallest absolute Gasteiger partial charge is 0.300 e. The number of hydrogen-bond acceptors (Lipinski definition) is 8. The topological polar surface area (TPSA) is 139 Å². The highest BCUT2D eigenvalue weighted by Crippen LogP contribution is 2.32. The van der Waals surface area contributed by atoms with Crippen molar-refractivity contribution in [2.45, 2.75) is 18.1 Å². The summed E-state index contributed by atoms with van der Waals surface area (Å²) in [4.78, 5) is 12.3. The summed E-state index contributed by atoms with van der Waals surface area (Å²) in [5.41, 5.74) is -0.334. The lowest BCUT2D eigenvalue weighted by Gasteiger charge is -2.14. The minimum Gasteiger partial charge on any atom is -0.464 e. The molecule has 3 aromatic rings. The lowest BCUT2D eigenvalue weighted by molar-refractivity contribution is -0.0399. The van der Waals surface area contributed by atoms with Crippen LogP contribution in [-0.4, -0.2) is 31.6 Å². The molecule has 3 rings (SSSR count). The Morgan fingerprint density at radius 1 is 1.19 bits per heavy atom. The number of benzene rings is 2. The number of aromatic nitrogens is 2. The lowest BCUT2D eigenvalue weighted by atomic mass is 10.3. The molecule has 0 radical (unpaired) electrons. The molecule has 0 aliphatic heterocycles. The number of ether oxygens (including phenoxy) is 2. The maximum absolute atomic E-state index is 12.7. The average Bonchev–Trinajstić information content (AvgIpc) is 3.08. The molecule has 2 aromatic carbocycles. The predicted octanol–water partition coefficient (Wildman–Crippen LogP) is 3.75. The zero-order valence-electron chi connectivity index (χ0n) is 16.3. The monoisotopic (exact) mass is 461 g/mol. The molecule has 0 saturated carbocycles. The molecule has 0 aliphatic rings. The molecule has 160 valence electrons. The van der Waals surface area contributed by atoms with E-state index < -0.39 is 20.9 Å². The Balaban J connectivity index is 2.02. The van der Waals surface area contributed by atoms with E-state index in [9.17, 15) is 18.5 Å². The Morgan fingerprint density at radius 2 is 1.90 bits per heavy atom. The predicted molar refractivity (Wildman–Crippen MR) is 112 cm³/mol. The molecular formula is C19H16ClN5O5S. The standard InChI is InChI=1S/C19H16ClN5O5S/c1-12(29-2)30-16-9-8-13(10-17(16)31(20,27)28)22-23-18-15(11-21)24-25(19(18)26)14-6-4-3-5-7-14/h3-10,12,24H,1-2H3. The van der Waals surface area contributed by atoms with Gasteiger partial charge in [-0.3, -0.25) is 9.89 Å². The highest BCUT2D eigenvalue weighted by atomic mass is 35.7. The van der Waals surface area contributed by atoms with Crippen LogP contribution in [0.3, 0.4) is 0 Å². The van der Waals surface area contributed by atoms with Gasteiger partial charge in [0, 0.05) is 17.8 Å². The van der Waals surface area contributed by atoms with Crippen LogP contribution >= 0.6 is 10.7 Å². The first-order chi connectivity index (χ1) is 14.7. The maximum Gasteiger partial charge on any atom is 0.300 e. The molecule has 0 bridgehead atoms. The van der Waals surface area contributed by atoms with Gasteiger partial charge in [0.15, 0.2) is 17.7 Å². The lowest BCUT2D eigenvalue weighted by Crippen LogP contribution is -2.15. The minimum atomic E-state index is -4.18. The number of nitrogens with zero attached hydrogens (tertiary/aromatic N) is 4. The van der Waals surface area contributed by atoms with Gasteiger partial charge in [0.25, 0.3) is 14.6 Å². The van der Waals surface area contributed by atoms with Crippen molar-refractivity contribution < 1.29 is 17.9 Å². The number of rotatable bonds is 7. The number of halogens is 1. The fraction of sp³-hybridized carbons (Fsp3) is 0.158. The summed E-state index contributed by atoms with van der Waals surface area (Å²) >= 11 is 0. The van der Waals surface area contributed by atoms with Crippen LogP contribution in [0, 0.1) is 11.3 Å². The molecule has 0 amide bonds. The van der Waals surface area contributed by atoms with Crippen LogP contribution < -0.4 is 10.3 Å². The normalized spacial score (nSPS) is 12.6. The van der Waals surface area contributed by atoms with Crippen molar-refractivity contribution in [1.82, 2.24) is 9.78 Å². The van der Waals surface area contributed by atoms with Gasteiger partial charge < -0.3 is 9.47 Å². The summed E-state index contributed by atoms with van der Waals surface area (Å²) in [6.45, 7) is 1.57. The van der Waals surface area contributed by atoms with E-state index in [0.29, 0.717) is 5.69 Å². The quantitative estimate of drug-likeness (QED) is 0.323. The fourth-order valence-corrected chi connectivity index (χ4v) is 3.52. The first-order valence-electron chi connectivity index (χ1n) is 8.75. The highest BCUT2D eigenvalue weighted by molar-refractivity contribution is 8.13. The van der Waals surface area contributed by atoms with E-state index in [1.54, 1.807) is 37.3 Å². The molecule has 1 heterocycles. The van der Waals surface area contributed by atoms with Crippen LogP contribution in [0.5, 0.6) is 5.75 Å². The zero-order chi connectivity index (χ0) is 22.6. The number of para-hydroxylation sites is 1. The fourth-order valence-electron chi connectivity index (χ4n) is 2.54. The minimum absolute atomic E-state index is 0.0332. The third kappa shape index (κ3) is 5.00. The van der Waals surface area contributed by atoms with Crippen molar-refractivity contribution in [3.8, 4) is 17.5 Å². The van der Waals surface area contributed by atoms with Crippen molar-refractivity contribution in [1.29, 1.82) is 5.26 Å².